The molecule has 0 unspecified atom stereocenters. The van der Waals surface area contributed by atoms with E-state index >= 15 is 4.39 Å². The number of nitrogens with one attached hydrogen (secondary N) is 2. The Morgan fingerprint density at radius 2 is 1.26 bits per heavy atom. The van der Waals surface area contributed by atoms with E-state index in [0.717, 1.165) is 5.56 Å². The second-order valence-corrected chi connectivity index (χ2v) is 5.84. The second kappa shape index (κ2) is 7.55. The van der Waals surface area contributed by atoms with Crippen LogP contribution in [0.3, 0.4) is 0 Å². The molecule has 3 rings (SSSR count). The van der Waals surface area contributed by atoms with E-state index < -0.39 is 22.8 Å². The largest absolute Gasteiger partial charge is 0.351 e. The molecule has 0 radical (unpaired) electrons. The van der Waals surface area contributed by atoms with Crippen LogP contribution in [-0.2, 0) is 0 Å². The molecule has 27 heavy (non-hydrogen) atoms. The Bertz CT molecular complexity index is 1080. The SMILES string of the molecule is Cc1cccc(Nc2c(F)c(C#N)c(C#N)c(F)c2Nc2ccccc2)c1. The predicted octanol–water partition coefficient (Wildman–Crippen LogP) is 5.50. The van der Waals surface area contributed by atoms with Crippen LogP contribution in [0.1, 0.15) is 16.7 Å². The molecule has 0 aliphatic rings. The van der Waals surface area contributed by atoms with Crippen molar-refractivity contribution in [2.24, 2.45) is 0 Å². The van der Waals surface area contributed by atoms with E-state index in [0.29, 0.717) is 11.4 Å². The summed E-state index contributed by atoms with van der Waals surface area (Å²) >= 11 is 0. The number of rotatable bonds is 4. The Morgan fingerprint density at radius 3 is 1.78 bits per heavy atom. The van der Waals surface area contributed by atoms with Gasteiger partial charge in [0.15, 0.2) is 11.6 Å². The molecule has 6 heteroatoms. The summed E-state index contributed by atoms with van der Waals surface area (Å²) in [6.45, 7) is 1.87. The third-order valence-electron chi connectivity index (χ3n) is 3.93. The van der Waals surface area contributed by atoms with Crippen molar-refractivity contribution in [1.82, 2.24) is 0 Å². The van der Waals surface area contributed by atoms with Crippen molar-refractivity contribution < 1.29 is 8.78 Å². The number of anilines is 4. The molecule has 4 nitrogen and oxygen atoms in total. The molecule has 0 aromatic heterocycles. The molecule has 0 aliphatic carbocycles. The fourth-order valence-electron chi connectivity index (χ4n) is 2.67. The summed E-state index contributed by atoms with van der Waals surface area (Å²) in [6, 6.07) is 18.9. The van der Waals surface area contributed by atoms with Crippen LogP contribution < -0.4 is 10.6 Å². The van der Waals surface area contributed by atoms with Gasteiger partial charge in [-0.15, -0.1) is 0 Å². The van der Waals surface area contributed by atoms with Crippen molar-refractivity contribution in [3.05, 3.63) is 82.9 Å². The normalized spacial score (nSPS) is 9.96. The topological polar surface area (TPSA) is 71.6 Å². The zero-order valence-electron chi connectivity index (χ0n) is 14.3. The molecule has 3 aromatic carbocycles. The van der Waals surface area contributed by atoms with Gasteiger partial charge in [-0.05, 0) is 36.8 Å². The van der Waals surface area contributed by atoms with Gasteiger partial charge in [-0.25, -0.2) is 8.78 Å². The molecule has 0 aliphatic heterocycles. The molecule has 0 spiro atoms. The second-order valence-electron chi connectivity index (χ2n) is 5.84. The third kappa shape index (κ3) is 3.56. The Kier molecular flexibility index (Phi) is 5.01. The molecular formula is C21H14F2N4. The van der Waals surface area contributed by atoms with E-state index in [1.807, 2.05) is 13.0 Å². The average Bonchev–Trinajstić information content (AvgIpc) is 2.67. The molecule has 0 fully saturated rings. The van der Waals surface area contributed by atoms with Crippen LogP contribution in [0.15, 0.2) is 54.6 Å². The number of halogens is 2. The summed E-state index contributed by atoms with van der Waals surface area (Å²) in [5, 5.41) is 24.1. The number of para-hydroxylation sites is 1. The first kappa shape index (κ1) is 17.9. The molecule has 2 N–H and O–H groups in total. The summed E-state index contributed by atoms with van der Waals surface area (Å²) < 4.78 is 30.0. The molecule has 0 saturated heterocycles. The van der Waals surface area contributed by atoms with E-state index in [-0.39, 0.29) is 11.4 Å². The van der Waals surface area contributed by atoms with Crippen LogP contribution in [0.2, 0.25) is 0 Å². The number of nitriles is 2. The van der Waals surface area contributed by atoms with Gasteiger partial charge in [0.25, 0.3) is 0 Å². The maximum Gasteiger partial charge on any atom is 0.168 e. The highest BCUT2D eigenvalue weighted by Crippen LogP contribution is 2.37. The van der Waals surface area contributed by atoms with Gasteiger partial charge in [-0.3, -0.25) is 0 Å². The summed E-state index contributed by atoms with van der Waals surface area (Å²) in [5.41, 5.74) is 0.211. The Hall–Kier alpha value is -3.90. The van der Waals surface area contributed by atoms with Crippen LogP contribution >= 0.6 is 0 Å². The van der Waals surface area contributed by atoms with Gasteiger partial charge in [-0.1, -0.05) is 30.3 Å². The van der Waals surface area contributed by atoms with E-state index in [1.165, 1.54) is 0 Å². The summed E-state index contributed by atoms with van der Waals surface area (Å²) in [4.78, 5) is 0. The van der Waals surface area contributed by atoms with Crippen LogP contribution in [-0.4, -0.2) is 0 Å². The monoisotopic (exact) mass is 360 g/mol. The molecular weight excluding hydrogens is 346 g/mol. The summed E-state index contributed by atoms with van der Waals surface area (Å²) in [6.07, 6.45) is 0. The number of aryl methyl sites for hydroxylation is 1. The Balaban J connectivity index is 2.21. The lowest BCUT2D eigenvalue weighted by atomic mass is 10.0. The van der Waals surface area contributed by atoms with Crippen molar-refractivity contribution in [3.8, 4) is 12.1 Å². The van der Waals surface area contributed by atoms with E-state index in [9.17, 15) is 14.9 Å². The molecule has 0 amide bonds. The lowest BCUT2D eigenvalue weighted by Crippen LogP contribution is -2.08. The van der Waals surface area contributed by atoms with E-state index in [1.54, 1.807) is 60.7 Å². The lowest BCUT2D eigenvalue weighted by Gasteiger charge is -2.18. The number of benzene rings is 3. The molecule has 132 valence electrons. The molecule has 0 bridgehead atoms. The number of hydrogen-bond acceptors (Lipinski definition) is 4. The summed E-state index contributed by atoms with van der Waals surface area (Å²) in [5.74, 6) is -1.98. The lowest BCUT2D eigenvalue weighted by molar-refractivity contribution is 0.600. The molecule has 0 atom stereocenters. The smallest absolute Gasteiger partial charge is 0.168 e. The zero-order valence-corrected chi connectivity index (χ0v) is 14.3. The maximum absolute atomic E-state index is 15.0. The van der Waals surface area contributed by atoms with Crippen LogP contribution in [0.4, 0.5) is 31.5 Å². The van der Waals surface area contributed by atoms with Crippen LogP contribution in [0.5, 0.6) is 0 Å². The average molecular weight is 360 g/mol. The summed E-state index contributed by atoms with van der Waals surface area (Å²) in [7, 11) is 0. The first-order valence-electron chi connectivity index (χ1n) is 8.06. The first-order valence-corrected chi connectivity index (χ1v) is 8.06. The fraction of sp³-hybridized carbons (Fsp3) is 0.0476. The number of hydrogen-bond donors (Lipinski definition) is 2. The molecule has 0 heterocycles. The van der Waals surface area contributed by atoms with Crippen molar-refractivity contribution in [3.63, 3.8) is 0 Å². The minimum atomic E-state index is -0.991. The Labute approximate surface area is 155 Å². The highest BCUT2D eigenvalue weighted by molar-refractivity contribution is 5.82. The molecule has 0 saturated carbocycles. The zero-order chi connectivity index (χ0) is 19.4. The van der Waals surface area contributed by atoms with Gasteiger partial charge in [-0.2, -0.15) is 10.5 Å². The van der Waals surface area contributed by atoms with Crippen molar-refractivity contribution >= 4 is 22.7 Å². The standard InChI is InChI=1S/C21H14F2N4/c1-13-6-5-9-15(10-13)27-21-19(23)17(12-25)16(11-24)18(22)20(21)26-14-7-3-2-4-8-14/h2-10,26-27H,1H3. The highest BCUT2D eigenvalue weighted by atomic mass is 19.1. The van der Waals surface area contributed by atoms with E-state index in [2.05, 4.69) is 10.6 Å². The van der Waals surface area contributed by atoms with Gasteiger partial charge in [0.05, 0.1) is 0 Å². The third-order valence-corrected chi connectivity index (χ3v) is 3.93. The fourth-order valence-corrected chi connectivity index (χ4v) is 2.67. The Morgan fingerprint density at radius 1 is 0.741 bits per heavy atom. The molecule has 3 aromatic rings. The van der Waals surface area contributed by atoms with Gasteiger partial charge in [0, 0.05) is 11.4 Å². The quantitative estimate of drug-likeness (QED) is 0.644. The maximum atomic E-state index is 15.0. The highest BCUT2D eigenvalue weighted by Gasteiger charge is 2.25. The number of nitrogens with zero attached hydrogens (tertiary/aromatic N) is 2. The van der Waals surface area contributed by atoms with Crippen LogP contribution in [0, 0.1) is 41.2 Å². The van der Waals surface area contributed by atoms with Gasteiger partial charge >= 0.3 is 0 Å². The van der Waals surface area contributed by atoms with Crippen molar-refractivity contribution in [2.45, 2.75) is 6.92 Å². The predicted molar refractivity (Wildman–Crippen MR) is 100.0 cm³/mol. The van der Waals surface area contributed by atoms with Gasteiger partial charge in [0.1, 0.15) is 34.6 Å². The van der Waals surface area contributed by atoms with Crippen molar-refractivity contribution in [2.75, 3.05) is 10.6 Å². The first-order chi connectivity index (χ1) is 13.0. The minimum absolute atomic E-state index is 0.238. The van der Waals surface area contributed by atoms with Gasteiger partial charge in [0.2, 0.25) is 0 Å². The van der Waals surface area contributed by atoms with Crippen molar-refractivity contribution in [1.29, 1.82) is 10.5 Å². The van der Waals surface area contributed by atoms with E-state index in [4.69, 9.17) is 0 Å². The van der Waals surface area contributed by atoms with Crippen LogP contribution in [0.25, 0.3) is 0 Å². The minimum Gasteiger partial charge on any atom is -0.351 e. The van der Waals surface area contributed by atoms with Gasteiger partial charge < -0.3 is 10.6 Å².